The second-order valence-electron chi connectivity index (χ2n) is 6.94. The largest absolute Gasteiger partial charge is 0.274 e. The van der Waals surface area contributed by atoms with Gasteiger partial charge in [0.1, 0.15) is 0 Å². The lowest BCUT2D eigenvalue weighted by Gasteiger charge is -2.14. The molecule has 1 heterocycles. The second-order valence-corrected chi connectivity index (χ2v) is 6.94. The third kappa shape index (κ3) is 3.08. The standard InChI is InChI=1S/C24H19N3O/c1-16-11-12-17(2)22(13-16)23-20-9-5-6-10-21(20)24(28)27(26-23)15-19-8-4-3-7-18(19)14-25/h3-13H,15H2,1-2H3. The molecule has 0 aliphatic carbocycles. The molecule has 4 heteroatoms. The van der Waals surface area contributed by atoms with E-state index in [0.29, 0.717) is 10.9 Å². The summed E-state index contributed by atoms with van der Waals surface area (Å²) < 4.78 is 1.47. The Morgan fingerprint density at radius 3 is 2.46 bits per heavy atom. The van der Waals surface area contributed by atoms with Gasteiger partial charge in [-0.15, -0.1) is 0 Å². The van der Waals surface area contributed by atoms with Crippen molar-refractivity contribution < 1.29 is 0 Å². The van der Waals surface area contributed by atoms with Crippen LogP contribution in [0, 0.1) is 25.2 Å². The fourth-order valence-corrected chi connectivity index (χ4v) is 3.46. The summed E-state index contributed by atoms with van der Waals surface area (Å²) in [7, 11) is 0. The maximum atomic E-state index is 13.1. The van der Waals surface area contributed by atoms with Gasteiger partial charge in [0.15, 0.2) is 0 Å². The van der Waals surface area contributed by atoms with Crippen LogP contribution in [0.2, 0.25) is 0 Å². The SMILES string of the molecule is Cc1ccc(C)c(-c2nn(Cc3ccccc3C#N)c(=O)c3ccccc23)c1. The molecule has 0 fully saturated rings. The number of aromatic nitrogens is 2. The van der Waals surface area contributed by atoms with Crippen LogP contribution >= 0.6 is 0 Å². The highest BCUT2D eigenvalue weighted by atomic mass is 16.1. The smallest absolute Gasteiger partial charge is 0.267 e. The maximum absolute atomic E-state index is 13.1. The molecule has 136 valence electrons. The molecule has 1 aromatic heterocycles. The molecule has 0 aliphatic heterocycles. The minimum absolute atomic E-state index is 0.155. The predicted molar refractivity (Wildman–Crippen MR) is 111 cm³/mol. The van der Waals surface area contributed by atoms with Crippen LogP contribution in [0.5, 0.6) is 0 Å². The van der Waals surface area contributed by atoms with Crippen LogP contribution in [0.25, 0.3) is 22.0 Å². The molecule has 28 heavy (non-hydrogen) atoms. The lowest BCUT2D eigenvalue weighted by Crippen LogP contribution is -2.25. The molecule has 0 radical (unpaired) electrons. The van der Waals surface area contributed by atoms with Crippen LogP contribution in [0.1, 0.15) is 22.3 Å². The van der Waals surface area contributed by atoms with Gasteiger partial charge in [-0.3, -0.25) is 4.79 Å². The average molecular weight is 365 g/mol. The van der Waals surface area contributed by atoms with Gasteiger partial charge in [0.25, 0.3) is 5.56 Å². The number of hydrogen-bond acceptors (Lipinski definition) is 3. The molecule has 0 spiro atoms. The lowest BCUT2D eigenvalue weighted by molar-refractivity contribution is 0.650. The number of benzene rings is 3. The molecule has 0 atom stereocenters. The van der Waals surface area contributed by atoms with Crippen molar-refractivity contribution >= 4 is 10.8 Å². The molecule has 4 aromatic rings. The van der Waals surface area contributed by atoms with Crippen LogP contribution in [-0.2, 0) is 6.54 Å². The van der Waals surface area contributed by atoms with Gasteiger partial charge in [-0.1, -0.05) is 54.1 Å². The maximum Gasteiger partial charge on any atom is 0.274 e. The van der Waals surface area contributed by atoms with Gasteiger partial charge in [0, 0.05) is 10.9 Å². The first-order chi connectivity index (χ1) is 13.6. The summed E-state index contributed by atoms with van der Waals surface area (Å²) >= 11 is 0. The van der Waals surface area contributed by atoms with Crippen LogP contribution < -0.4 is 5.56 Å². The summed E-state index contributed by atoms with van der Waals surface area (Å²) in [5.74, 6) is 0. The van der Waals surface area contributed by atoms with Crippen LogP contribution in [0.3, 0.4) is 0 Å². The van der Waals surface area contributed by atoms with E-state index in [-0.39, 0.29) is 12.1 Å². The lowest BCUT2D eigenvalue weighted by atomic mass is 9.99. The van der Waals surface area contributed by atoms with E-state index in [1.54, 1.807) is 6.07 Å². The molecule has 0 saturated heterocycles. The molecule has 0 aliphatic rings. The van der Waals surface area contributed by atoms with Gasteiger partial charge in [0.05, 0.1) is 29.3 Å². The number of nitrogens with zero attached hydrogens (tertiary/aromatic N) is 3. The van der Waals surface area contributed by atoms with Crippen molar-refractivity contribution in [3.63, 3.8) is 0 Å². The normalized spacial score (nSPS) is 10.8. The fraction of sp³-hybridized carbons (Fsp3) is 0.125. The minimum Gasteiger partial charge on any atom is -0.267 e. The zero-order chi connectivity index (χ0) is 19.7. The van der Waals surface area contributed by atoms with Gasteiger partial charge in [0.2, 0.25) is 0 Å². The van der Waals surface area contributed by atoms with E-state index in [2.05, 4.69) is 24.3 Å². The molecule has 0 saturated carbocycles. The Kier molecular flexibility index (Phi) is 4.50. The highest BCUT2D eigenvalue weighted by molar-refractivity contribution is 5.94. The minimum atomic E-state index is -0.155. The van der Waals surface area contributed by atoms with Crippen LogP contribution in [0.15, 0.2) is 71.5 Å². The van der Waals surface area contributed by atoms with Gasteiger partial charge in [-0.2, -0.15) is 10.4 Å². The molecule has 0 unspecified atom stereocenters. The molecule has 0 bridgehead atoms. The number of hydrogen-bond donors (Lipinski definition) is 0. The van der Waals surface area contributed by atoms with Crippen molar-refractivity contribution in [3.8, 4) is 17.3 Å². The highest BCUT2D eigenvalue weighted by Crippen LogP contribution is 2.28. The summed E-state index contributed by atoms with van der Waals surface area (Å²) in [4.78, 5) is 13.1. The molecule has 0 N–H and O–H groups in total. The fourth-order valence-electron chi connectivity index (χ4n) is 3.46. The molecule has 4 nitrogen and oxygen atoms in total. The molecule has 0 amide bonds. The van der Waals surface area contributed by atoms with Gasteiger partial charge >= 0.3 is 0 Å². The third-order valence-corrected chi connectivity index (χ3v) is 4.97. The molecular weight excluding hydrogens is 346 g/mol. The van der Waals surface area contributed by atoms with E-state index in [1.807, 2.05) is 56.3 Å². The Morgan fingerprint density at radius 2 is 1.68 bits per heavy atom. The number of fused-ring (bicyclic) bond motifs is 1. The van der Waals surface area contributed by atoms with Gasteiger partial charge in [-0.05, 0) is 43.2 Å². The summed E-state index contributed by atoms with van der Waals surface area (Å²) in [5.41, 5.74) is 5.21. The topological polar surface area (TPSA) is 58.7 Å². The first kappa shape index (κ1) is 17.7. The number of rotatable bonds is 3. The Labute approximate surface area is 163 Å². The summed E-state index contributed by atoms with van der Waals surface area (Å²) in [6.07, 6.45) is 0. The first-order valence-corrected chi connectivity index (χ1v) is 9.14. The summed E-state index contributed by atoms with van der Waals surface area (Å²) in [6.45, 7) is 4.35. The van der Waals surface area contributed by atoms with Crippen LogP contribution in [-0.4, -0.2) is 9.78 Å². The van der Waals surface area contributed by atoms with Crippen molar-refractivity contribution in [1.82, 2.24) is 9.78 Å². The first-order valence-electron chi connectivity index (χ1n) is 9.14. The van der Waals surface area contributed by atoms with E-state index < -0.39 is 0 Å². The van der Waals surface area contributed by atoms with E-state index in [0.717, 1.165) is 33.3 Å². The van der Waals surface area contributed by atoms with Crippen molar-refractivity contribution in [3.05, 3.63) is 99.3 Å². The van der Waals surface area contributed by atoms with Gasteiger partial charge in [-0.25, -0.2) is 4.68 Å². The Morgan fingerprint density at radius 1 is 0.964 bits per heavy atom. The third-order valence-electron chi connectivity index (χ3n) is 4.97. The van der Waals surface area contributed by atoms with Crippen LogP contribution in [0.4, 0.5) is 0 Å². The van der Waals surface area contributed by atoms with E-state index in [4.69, 9.17) is 5.10 Å². The quantitative estimate of drug-likeness (QED) is 0.533. The van der Waals surface area contributed by atoms with Crippen molar-refractivity contribution in [2.24, 2.45) is 0 Å². The monoisotopic (exact) mass is 365 g/mol. The Bertz CT molecular complexity index is 1300. The average Bonchev–Trinajstić information content (AvgIpc) is 2.72. The molecule has 3 aromatic carbocycles. The second kappa shape index (κ2) is 7.13. The molecular formula is C24H19N3O. The Balaban J connectivity index is 1.99. The summed E-state index contributed by atoms with van der Waals surface area (Å²) in [6, 6.07) is 23.3. The number of aryl methyl sites for hydroxylation is 2. The van der Waals surface area contributed by atoms with E-state index in [1.165, 1.54) is 4.68 Å². The van der Waals surface area contributed by atoms with E-state index in [9.17, 15) is 10.1 Å². The Hall–Kier alpha value is -3.71. The van der Waals surface area contributed by atoms with Crippen molar-refractivity contribution in [2.75, 3.05) is 0 Å². The number of nitriles is 1. The predicted octanol–water partition coefficient (Wildman–Crippen LogP) is 4.60. The highest BCUT2D eigenvalue weighted by Gasteiger charge is 2.15. The van der Waals surface area contributed by atoms with Gasteiger partial charge < -0.3 is 0 Å². The van der Waals surface area contributed by atoms with Crippen molar-refractivity contribution in [2.45, 2.75) is 20.4 Å². The summed E-state index contributed by atoms with van der Waals surface area (Å²) in [5, 5.41) is 15.6. The zero-order valence-electron chi connectivity index (χ0n) is 15.8. The van der Waals surface area contributed by atoms with Crippen molar-refractivity contribution in [1.29, 1.82) is 5.26 Å². The zero-order valence-corrected chi connectivity index (χ0v) is 15.8. The van der Waals surface area contributed by atoms with E-state index >= 15 is 0 Å². The molecule has 4 rings (SSSR count).